The summed E-state index contributed by atoms with van der Waals surface area (Å²) in [6.07, 6.45) is 7.58. The minimum Gasteiger partial charge on any atom is -0.465 e. The molecule has 3 saturated heterocycles. The fourth-order valence-corrected chi connectivity index (χ4v) is 7.86. The Morgan fingerprint density at radius 2 is 1.78 bits per heavy atom. The lowest BCUT2D eigenvalue weighted by molar-refractivity contribution is -0.161. The van der Waals surface area contributed by atoms with Crippen molar-refractivity contribution in [3.05, 3.63) is 49.6 Å². The van der Waals surface area contributed by atoms with Gasteiger partial charge in [0, 0.05) is 31.0 Å². The Kier molecular flexibility index (Phi) is 11.2. The zero-order valence-corrected chi connectivity index (χ0v) is 27.9. The van der Waals surface area contributed by atoms with Gasteiger partial charge in [-0.3, -0.25) is 14.4 Å². The number of amides is 2. The lowest BCUT2D eigenvalue weighted by atomic mass is 9.66. The van der Waals surface area contributed by atoms with Crippen LogP contribution in [0, 0.1) is 17.8 Å². The fourth-order valence-electron chi connectivity index (χ4n) is 7.86. The van der Waals surface area contributed by atoms with Gasteiger partial charge in [0.1, 0.15) is 17.6 Å². The monoisotopic (exact) mass is 623 g/mol. The smallest absolute Gasteiger partial charge is 0.312 e. The molecule has 1 spiro atoms. The van der Waals surface area contributed by atoms with Gasteiger partial charge in [-0.15, -0.1) is 13.2 Å². The van der Waals surface area contributed by atoms with Crippen molar-refractivity contribution in [3.63, 3.8) is 0 Å². The van der Waals surface area contributed by atoms with Crippen molar-refractivity contribution >= 4 is 29.2 Å². The Hall–Kier alpha value is -3.17. The number of hydrogen-bond acceptors (Lipinski definition) is 7. The van der Waals surface area contributed by atoms with Crippen LogP contribution in [0.5, 0.6) is 0 Å². The highest BCUT2D eigenvalue weighted by atomic mass is 16.6. The molecule has 45 heavy (non-hydrogen) atoms. The summed E-state index contributed by atoms with van der Waals surface area (Å²) in [5.41, 5.74) is -0.402. The molecule has 9 heteroatoms. The number of aliphatic hydroxyl groups excluding tert-OH is 1. The van der Waals surface area contributed by atoms with E-state index in [9.17, 15) is 19.5 Å². The summed E-state index contributed by atoms with van der Waals surface area (Å²) in [4.78, 5) is 48.7. The number of ether oxygens (including phenoxy) is 2. The Balaban J connectivity index is 1.76. The van der Waals surface area contributed by atoms with E-state index < -0.39 is 41.1 Å². The summed E-state index contributed by atoms with van der Waals surface area (Å²) in [6.45, 7) is 19.6. The van der Waals surface area contributed by atoms with Crippen LogP contribution >= 0.6 is 0 Å². The maximum atomic E-state index is 14.9. The van der Waals surface area contributed by atoms with Crippen LogP contribution in [-0.4, -0.2) is 83.9 Å². The largest absolute Gasteiger partial charge is 0.465 e. The van der Waals surface area contributed by atoms with E-state index >= 15 is 0 Å². The number of rotatable bonds is 17. The van der Waals surface area contributed by atoms with Crippen molar-refractivity contribution in [1.29, 1.82) is 0 Å². The van der Waals surface area contributed by atoms with Gasteiger partial charge in [0.25, 0.3) is 5.91 Å². The van der Waals surface area contributed by atoms with Crippen LogP contribution in [0.25, 0.3) is 0 Å². The van der Waals surface area contributed by atoms with E-state index in [0.29, 0.717) is 31.4 Å². The number of aliphatic hydroxyl groups is 1. The van der Waals surface area contributed by atoms with Gasteiger partial charge in [0.2, 0.25) is 5.91 Å². The number of carbonyl (C=O) groups is 3. The number of nitrogens with zero attached hydrogens (tertiary/aromatic N) is 3. The Morgan fingerprint density at radius 1 is 1.11 bits per heavy atom. The summed E-state index contributed by atoms with van der Waals surface area (Å²) in [5.74, 6) is -2.88. The molecule has 1 aromatic carbocycles. The third-order valence-electron chi connectivity index (χ3n) is 10.5. The molecule has 3 heterocycles. The van der Waals surface area contributed by atoms with E-state index in [4.69, 9.17) is 9.47 Å². The maximum absolute atomic E-state index is 14.9. The molecule has 0 aromatic heterocycles. The number of fused-ring (bicyclic) bond motifs is 1. The van der Waals surface area contributed by atoms with Gasteiger partial charge >= 0.3 is 5.97 Å². The van der Waals surface area contributed by atoms with Gasteiger partial charge in [0.15, 0.2) is 0 Å². The fraction of sp³-hybridized carbons (Fsp3) is 0.639. The SMILES string of the molecule is C=CCCCCOC(=O)[C@@H]1[C@H]2C(=O)N([C@@H](CO)[C@@H](C)CC)C(C(=O)N(CC=C)c3ccc(N(CC)CC)cc3)C23CC[C@@]1(C)O3. The first kappa shape index (κ1) is 34.7. The zero-order valence-electron chi connectivity index (χ0n) is 27.9. The molecule has 0 aliphatic carbocycles. The van der Waals surface area contributed by atoms with Gasteiger partial charge in [-0.25, -0.2) is 0 Å². The summed E-state index contributed by atoms with van der Waals surface area (Å²) in [6, 6.07) is 6.21. The van der Waals surface area contributed by atoms with Gasteiger partial charge in [0.05, 0.1) is 30.8 Å². The van der Waals surface area contributed by atoms with E-state index in [1.54, 1.807) is 15.9 Å². The minimum absolute atomic E-state index is 0.0891. The molecule has 7 atom stereocenters. The molecule has 3 fully saturated rings. The second-order valence-corrected chi connectivity index (χ2v) is 13.0. The number of allylic oxidation sites excluding steroid dienone is 1. The molecular formula is C36H53N3O6. The summed E-state index contributed by atoms with van der Waals surface area (Å²) in [5, 5.41) is 10.7. The number of likely N-dealkylation sites (tertiary alicyclic amines) is 1. The summed E-state index contributed by atoms with van der Waals surface area (Å²) >= 11 is 0. The summed E-state index contributed by atoms with van der Waals surface area (Å²) < 4.78 is 12.5. The van der Waals surface area contributed by atoms with E-state index in [1.807, 2.05) is 51.1 Å². The first-order valence-electron chi connectivity index (χ1n) is 16.8. The predicted octanol–water partition coefficient (Wildman–Crippen LogP) is 5.12. The molecule has 2 unspecified atom stereocenters. The molecule has 1 aromatic rings. The average molecular weight is 624 g/mol. The Bertz CT molecular complexity index is 1230. The third kappa shape index (κ3) is 6.18. The van der Waals surface area contributed by atoms with Gasteiger partial charge in [-0.1, -0.05) is 32.4 Å². The lowest BCUT2D eigenvalue weighted by Crippen LogP contribution is -2.60. The van der Waals surface area contributed by atoms with Crippen molar-refractivity contribution in [2.45, 2.75) is 96.4 Å². The first-order valence-corrected chi connectivity index (χ1v) is 16.8. The van der Waals surface area contributed by atoms with Crippen LogP contribution < -0.4 is 9.80 Å². The minimum atomic E-state index is -1.21. The van der Waals surface area contributed by atoms with Crippen LogP contribution in [0.3, 0.4) is 0 Å². The Morgan fingerprint density at radius 3 is 2.36 bits per heavy atom. The maximum Gasteiger partial charge on any atom is 0.312 e. The second-order valence-electron chi connectivity index (χ2n) is 13.0. The molecule has 9 nitrogen and oxygen atoms in total. The molecule has 0 saturated carbocycles. The molecule has 2 amide bonds. The molecule has 0 radical (unpaired) electrons. The molecule has 2 bridgehead atoms. The van der Waals surface area contributed by atoms with E-state index in [2.05, 4.69) is 31.9 Å². The number of benzene rings is 1. The average Bonchev–Trinajstić information content (AvgIpc) is 3.61. The number of hydrogen-bond donors (Lipinski definition) is 1. The van der Waals surface area contributed by atoms with E-state index in [1.165, 1.54) is 0 Å². The van der Waals surface area contributed by atoms with Crippen LogP contribution in [0.2, 0.25) is 0 Å². The molecule has 4 rings (SSSR count). The molecular weight excluding hydrogens is 570 g/mol. The first-order chi connectivity index (χ1) is 21.6. The van der Waals surface area contributed by atoms with Crippen molar-refractivity contribution in [1.82, 2.24) is 4.90 Å². The predicted molar refractivity (Wildman–Crippen MR) is 177 cm³/mol. The normalized spacial score (nSPS) is 28.0. The van der Waals surface area contributed by atoms with Crippen LogP contribution in [0.4, 0.5) is 11.4 Å². The van der Waals surface area contributed by atoms with Crippen LogP contribution in [0.15, 0.2) is 49.6 Å². The molecule has 3 aliphatic rings. The zero-order chi connectivity index (χ0) is 32.9. The van der Waals surface area contributed by atoms with E-state index in [-0.39, 0.29) is 37.5 Å². The van der Waals surface area contributed by atoms with E-state index in [0.717, 1.165) is 31.6 Å². The molecule has 1 N–H and O–H groups in total. The summed E-state index contributed by atoms with van der Waals surface area (Å²) in [7, 11) is 0. The highest BCUT2D eigenvalue weighted by Crippen LogP contribution is 2.64. The van der Waals surface area contributed by atoms with Crippen LogP contribution in [0.1, 0.15) is 73.1 Å². The quantitative estimate of drug-likeness (QED) is 0.146. The third-order valence-corrected chi connectivity index (χ3v) is 10.5. The number of carbonyl (C=O) groups excluding carboxylic acids is 3. The molecule has 3 aliphatic heterocycles. The van der Waals surface area contributed by atoms with Gasteiger partial charge < -0.3 is 29.3 Å². The number of anilines is 2. The Labute approximate surface area is 269 Å². The van der Waals surface area contributed by atoms with Crippen LogP contribution in [-0.2, 0) is 23.9 Å². The number of unbranched alkanes of at least 4 members (excludes halogenated alkanes) is 2. The number of esters is 1. The van der Waals surface area contributed by atoms with Gasteiger partial charge in [-0.2, -0.15) is 0 Å². The van der Waals surface area contributed by atoms with Crippen molar-refractivity contribution < 1.29 is 29.0 Å². The highest BCUT2D eigenvalue weighted by Gasteiger charge is 2.79. The van der Waals surface area contributed by atoms with Crippen molar-refractivity contribution in [3.8, 4) is 0 Å². The van der Waals surface area contributed by atoms with Crippen molar-refractivity contribution in [2.24, 2.45) is 17.8 Å². The van der Waals surface area contributed by atoms with Crippen molar-refractivity contribution in [2.75, 3.05) is 42.6 Å². The lowest BCUT2D eigenvalue weighted by Gasteiger charge is -2.41. The highest BCUT2D eigenvalue weighted by molar-refractivity contribution is 6.05. The standard InChI is InChI=1S/C36H53N3O6/c1-8-13-14-15-23-44-34(43)30-29-32(41)39(28(24-40)25(6)10-3)31(36(29)21-20-35(30,7)45-36)33(42)38(22-9-2)27-18-16-26(17-19-27)37(11-4)12-5/h8-9,16-19,25,28-31,40H,1-2,10-15,20-24H2,3-7H3/t25-,28-,29-,30-,31?,35+,36?/m0/s1. The molecule has 248 valence electrons. The van der Waals surface area contributed by atoms with Gasteiger partial charge in [-0.05, 0) is 83.1 Å². The second kappa shape index (κ2) is 14.5. The topological polar surface area (TPSA) is 99.6 Å².